The number of hydrogen-bond acceptors (Lipinski definition) is 4. The topological polar surface area (TPSA) is 73.1 Å². The van der Waals surface area contributed by atoms with Crippen molar-refractivity contribution in [2.24, 2.45) is 0 Å². The molecule has 1 saturated heterocycles. The zero-order chi connectivity index (χ0) is 15.0. The Labute approximate surface area is 128 Å². The van der Waals surface area contributed by atoms with Crippen LogP contribution in [-0.4, -0.2) is 39.4 Å². The summed E-state index contributed by atoms with van der Waals surface area (Å²) >= 11 is 0. The van der Waals surface area contributed by atoms with E-state index in [-0.39, 0.29) is 5.91 Å². The largest absolute Gasteiger partial charge is 0.369 e. The number of rotatable bonds is 2. The van der Waals surface area contributed by atoms with Crippen molar-refractivity contribution in [3.8, 4) is 0 Å². The number of aromatic nitrogens is 2. The second-order valence-corrected chi connectivity index (χ2v) is 6.06. The second-order valence-electron chi connectivity index (χ2n) is 6.06. The Balaban J connectivity index is 1.47. The molecule has 3 heterocycles. The number of hydrogen-bond donors (Lipinski definition) is 3. The Bertz CT molecular complexity index is 674. The van der Waals surface area contributed by atoms with Gasteiger partial charge in [-0.25, -0.2) is 4.98 Å². The number of aromatic amines is 1. The molecule has 2 aliphatic heterocycles. The SMILES string of the molecule is O=C1Nc2ccccc2NC12CCN(Cc1cnc[nH]1)CC2. The van der Waals surface area contributed by atoms with Crippen molar-refractivity contribution in [3.63, 3.8) is 0 Å². The van der Waals surface area contributed by atoms with Crippen LogP contribution < -0.4 is 10.6 Å². The summed E-state index contributed by atoms with van der Waals surface area (Å²) in [6.07, 6.45) is 5.17. The molecule has 2 aliphatic rings. The molecule has 0 atom stereocenters. The van der Waals surface area contributed by atoms with Crippen LogP contribution in [0.1, 0.15) is 18.5 Å². The van der Waals surface area contributed by atoms with Crippen molar-refractivity contribution in [2.75, 3.05) is 23.7 Å². The van der Waals surface area contributed by atoms with Crippen LogP contribution in [0.5, 0.6) is 0 Å². The van der Waals surface area contributed by atoms with E-state index in [1.807, 2.05) is 30.5 Å². The standard InChI is InChI=1S/C16H19N5O/c22-15-16(20-14-4-2-1-3-13(14)19-15)5-7-21(8-6-16)10-12-9-17-11-18-12/h1-4,9,11,20H,5-8,10H2,(H,17,18)(H,19,22). The van der Waals surface area contributed by atoms with Gasteiger partial charge in [0.05, 0.1) is 17.7 Å². The molecule has 6 heteroatoms. The van der Waals surface area contributed by atoms with Crippen LogP contribution in [0.2, 0.25) is 0 Å². The molecule has 0 bridgehead atoms. The summed E-state index contributed by atoms with van der Waals surface area (Å²) < 4.78 is 0. The number of likely N-dealkylation sites (tertiary alicyclic amines) is 1. The fourth-order valence-corrected chi connectivity index (χ4v) is 3.31. The number of carbonyl (C=O) groups excluding carboxylic acids is 1. The van der Waals surface area contributed by atoms with Crippen molar-refractivity contribution in [3.05, 3.63) is 42.5 Å². The van der Waals surface area contributed by atoms with E-state index in [0.29, 0.717) is 0 Å². The van der Waals surface area contributed by atoms with Crippen LogP contribution in [0.25, 0.3) is 0 Å². The van der Waals surface area contributed by atoms with Gasteiger partial charge in [-0.3, -0.25) is 9.69 Å². The Hall–Kier alpha value is -2.34. The van der Waals surface area contributed by atoms with Crippen molar-refractivity contribution in [1.82, 2.24) is 14.9 Å². The number of nitrogens with one attached hydrogen (secondary N) is 3. The fraction of sp³-hybridized carbons (Fsp3) is 0.375. The van der Waals surface area contributed by atoms with E-state index < -0.39 is 5.54 Å². The molecule has 114 valence electrons. The Kier molecular flexibility index (Phi) is 3.11. The molecule has 2 aromatic rings. The first-order chi connectivity index (χ1) is 10.8. The van der Waals surface area contributed by atoms with Crippen molar-refractivity contribution in [1.29, 1.82) is 0 Å². The van der Waals surface area contributed by atoms with Gasteiger partial charge in [0, 0.05) is 31.5 Å². The lowest BCUT2D eigenvalue weighted by Crippen LogP contribution is -2.58. The summed E-state index contributed by atoms with van der Waals surface area (Å²) in [5.41, 5.74) is 2.53. The third-order valence-corrected chi connectivity index (χ3v) is 4.64. The summed E-state index contributed by atoms with van der Waals surface area (Å²) in [7, 11) is 0. The normalized spacial score (nSPS) is 20.3. The summed E-state index contributed by atoms with van der Waals surface area (Å²) in [5.74, 6) is 0.0902. The van der Waals surface area contributed by atoms with Gasteiger partial charge in [-0.15, -0.1) is 0 Å². The van der Waals surface area contributed by atoms with Crippen molar-refractivity contribution < 1.29 is 4.79 Å². The number of benzene rings is 1. The van der Waals surface area contributed by atoms with Gasteiger partial charge in [0.1, 0.15) is 5.54 Å². The number of nitrogens with zero attached hydrogens (tertiary/aromatic N) is 2. The Morgan fingerprint density at radius 2 is 1.95 bits per heavy atom. The molecule has 3 N–H and O–H groups in total. The number of imidazole rings is 1. The molecule has 4 rings (SSSR count). The minimum absolute atomic E-state index is 0.0902. The number of piperidine rings is 1. The van der Waals surface area contributed by atoms with Crippen molar-refractivity contribution >= 4 is 17.3 Å². The molecular weight excluding hydrogens is 278 g/mol. The maximum Gasteiger partial charge on any atom is 0.250 e. The van der Waals surface area contributed by atoms with Crippen LogP contribution in [-0.2, 0) is 11.3 Å². The molecule has 6 nitrogen and oxygen atoms in total. The lowest BCUT2D eigenvalue weighted by molar-refractivity contribution is -0.122. The zero-order valence-corrected chi connectivity index (χ0v) is 12.3. The molecule has 1 fully saturated rings. The Morgan fingerprint density at radius 3 is 2.68 bits per heavy atom. The van der Waals surface area contributed by atoms with Crippen LogP contribution in [0.4, 0.5) is 11.4 Å². The number of anilines is 2. The second kappa shape index (κ2) is 5.14. The minimum atomic E-state index is -0.473. The first-order valence-corrected chi connectivity index (χ1v) is 7.63. The predicted octanol–water partition coefficient (Wildman–Crippen LogP) is 1.81. The smallest absolute Gasteiger partial charge is 0.250 e. The molecule has 0 saturated carbocycles. The third-order valence-electron chi connectivity index (χ3n) is 4.64. The van der Waals surface area contributed by atoms with Gasteiger partial charge in [0.15, 0.2) is 0 Å². The summed E-state index contributed by atoms with van der Waals surface area (Å²) in [6, 6.07) is 7.88. The molecule has 0 radical (unpaired) electrons. The van der Waals surface area contributed by atoms with Gasteiger partial charge in [0.25, 0.3) is 0 Å². The Morgan fingerprint density at radius 1 is 1.18 bits per heavy atom. The number of para-hydroxylation sites is 2. The quantitative estimate of drug-likeness (QED) is 0.790. The van der Waals surface area contributed by atoms with E-state index in [0.717, 1.165) is 49.5 Å². The molecular formula is C16H19N5O. The molecule has 1 aromatic carbocycles. The van der Waals surface area contributed by atoms with Gasteiger partial charge < -0.3 is 15.6 Å². The van der Waals surface area contributed by atoms with Gasteiger partial charge in [-0.2, -0.15) is 0 Å². The minimum Gasteiger partial charge on any atom is -0.369 e. The highest BCUT2D eigenvalue weighted by Gasteiger charge is 2.44. The van der Waals surface area contributed by atoms with Crippen LogP contribution in [0.15, 0.2) is 36.8 Å². The van der Waals surface area contributed by atoms with E-state index in [4.69, 9.17) is 0 Å². The predicted molar refractivity (Wildman–Crippen MR) is 84.5 cm³/mol. The zero-order valence-electron chi connectivity index (χ0n) is 12.3. The van der Waals surface area contributed by atoms with Gasteiger partial charge in [-0.05, 0) is 25.0 Å². The first kappa shape index (κ1) is 13.3. The maximum absolute atomic E-state index is 12.5. The highest BCUT2D eigenvalue weighted by Crippen LogP contribution is 2.36. The van der Waals surface area contributed by atoms with E-state index in [1.165, 1.54) is 0 Å². The molecule has 1 amide bonds. The molecule has 0 aliphatic carbocycles. The van der Waals surface area contributed by atoms with E-state index in [9.17, 15) is 4.79 Å². The lowest BCUT2D eigenvalue weighted by Gasteiger charge is -2.44. The fourth-order valence-electron chi connectivity index (χ4n) is 3.31. The lowest BCUT2D eigenvalue weighted by atomic mass is 9.84. The van der Waals surface area contributed by atoms with E-state index in [2.05, 4.69) is 25.5 Å². The number of fused-ring (bicyclic) bond motifs is 1. The van der Waals surface area contributed by atoms with Gasteiger partial charge in [0.2, 0.25) is 5.91 Å². The average Bonchev–Trinajstić information content (AvgIpc) is 3.04. The molecule has 0 unspecified atom stereocenters. The van der Waals surface area contributed by atoms with Crippen LogP contribution in [0, 0.1) is 0 Å². The first-order valence-electron chi connectivity index (χ1n) is 7.63. The number of amides is 1. The summed E-state index contributed by atoms with van der Waals surface area (Å²) in [5, 5.41) is 6.53. The van der Waals surface area contributed by atoms with Crippen LogP contribution >= 0.6 is 0 Å². The van der Waals surface area contributed by atoms with Gasteiger partial charge >= 0.3 is 0 Å². The van der Waals surface area contributed by atoms with Gasteiger partial charge in [-0.1, -0.05) is 12.1 Å². The molecule has 1 spiro atoms. The van der Waals surface area contributed by atoms with E-state index in [1.54, 1.807) is 6.33 Å². The number of H-pyrrole nitrogens is 1. The highest BCUT2D eigenvalue weighted by atomic mass is 16.2. The maximum atomic E-state index is 12.5. The number of carbonyl (C=O) groups is 1. The molecule has 1 aromatic heterocycles. The monoisotopic (exact) mass is 297 g/mol. The molecule has 22 heavy (non-hydrogen) atoms. The third kappa shape index (κ3) is 2.25. The summed E-state index contributed by atoms with van der Waals surface area (Å²) in [4.78, 5) is 22.1. The highest BCUT2D eigenvalue weighted by molar-refractivity contribution is 6.06. The van der Waals surface area contributed by atoms with E-state index >= 15 is 0 Å². The average molecular weight is 297 g/mol. The van der Waals surface area contributed by atoms with Crippen molar-refractivity contribution in [2.45, 2.75) is 24.9 Å². The van der Waals surface area contributed by atoms with Crippen LogP contribution in [0.3, 0.4) is 0 Å². The summed E-state index contributed by atoms with van der Waals surface area (Å²) in [6.45, 7) is 2.64.